The zero-order valence-corrected chi connectivity index (χ0v) is 8.09. The number of hydrogen-bond acceptors (Lipinski definition) is 2. The Balaban J connectivity index is 2.37. The molecule has 70 valence electrons. The van der Waals surface area contributed by atoms with Gasteiger partial charge in [-0.3, -0.25) is 0 Å². The minimum atomic E-state index is -0.870. The first kappa shape index (κ1) is 8.52. The standard InChI is InChI=1S/C10H18O2/c1-8(2)7-4-5-9(3,11)10(8,12)6-7/h7,11-12H,4-6H2,1-3H3/t7?,9-,10+/m0/s1. The molecule has 3 rings (SSSR count). The first-order chi connectivity index (χ1) is 5.31. The number of hydrogen-bond donors (Lipinski definition) is 2. The molecule has 2 heteroatoms. The summed E-state index contributed by atoms with van der Waals surface area (Å²) in [6.07, 6.45) is 2.59. The van der Waals surface area contributed by atoms with Crippen molar-refractivity contribution >= 4 is 0 Å². The van der Waals surface area contributed by atoms with Crippen LogP contribution in [0, 0.1) is 11.3 Å². The van der Waals surface area contributed by atoms with Crippen molar-refractivity contribution in [3.63, 3.8) is 0 Å². The number of fused-ring (bicyclic) bond motifs is 2. The van der Waals surface area contributed by atoms with Gasteiger partial charge in [-0.15, -0.1) is 0 Å². The van der Waals surface area contributed by atoms with E-state index in [0.717, 1.165) is 19.3 Å². The van der Waals surface area contributed by atoms with Crippen LogP contribution >= 0.6 is 0 Å². The van der Waals surface area contributed by atoms with Gasteiger partial charge in [-0.25, -0.2) is 0 Å². The molecular formula is C10H18O2. The van der Waals surface area contributed by atoms with Crippen LogP contribution in [0.25, 0.3) is 0 Å². The van der Waals surface area contributed by atoms with Crippen LogP contribution in [0.3, 0.4) is 0 Å². The number of aliphatic hydroxyl groups is 2. The Kier molecular flexibility index (Phi) is 1.33. The molecule has 0 heterocycles. The molecule has 0 aromatic rings. The van der Waals surface area contributed by atoms with Crippen molar-refractivity contribution in [2.45, 2.75) is 51.2 Å². The maximum atomic E-state index is 10.2. The first-order valence-corrected chi connectivity index (χ1v) is 4.76. The van der Waals surface area contributed by atoms with E-state index in [0.29, 0.717) is 5.92 Å². The smallest absolute Gasteiger partial charge is 0.0986 e. The Morgan fingerprint density at radius 1 is 1.17 bits per heavy atom. The molecule has 0 radical (unpaired) electrons. The molecule has 3 fully saturated rings. The van der Waals surface area contributed by atoms with Crippen molar-refractivity contribution in [3.05, 3.63) is 0 Å². The molecule has 3 saturated carbocycles. The Morgan fingerprint density at radius 3 is 2.08 bits per heavy atom. The van der Waals surface area contributed by atoms with Crippen LogP contribution in [0.1, 0.15) is 40.0 Å². The summed E-state index contributed by atoms with van der Waals surface area (Å²) in [6, 6.07) is 0. The average Bonchev–Trinajstić information content (AvgIpc) is 1.94. The van der Waals surface area contributed by atoms with Crippen molar-refractivity contribution in [1.29, 1.82) is 0 Å². The van der Waals surface area contributed by atoms with Gasteiger partial charge >= 0.3 is 0 Å². The molecule has 1 unspecified atom stereocenters. The summed E-state index contributed by atoms with van der Waals surface area (Å²) in [7, 11) is 0. The van der Waals surface area contributed by atoms with E-state index in [1.807, 2.05) is 0 Å². The predicted molar refractivity (Wildman–Crippen MR) is 46.7 cm³/mol. The summed E-state index contributed by atoms with van der Waals surface area (Å²) >= 11 is 0. The van der Waals surface area contributed by atoms with E-state index in [1.54, 1.807) is 6.92 Å². The Morgan fingerprint density at radius 2 is 1.75 bits per heavy atom. The molecule has 12 heavy (non-hydrogen) atoms. The molecule has 2 nitrogen and oxygen atoms in total. The molecule has 3 atom stereocenters. The lowest BCUT2D eigenvalue weighted by molar-refractivity contribution is -0.312. The topological polar surface area (TPSA) is 40.5 Å². The van der Waals surface area contributed by atoms with Gasteiger partial charge in [-0.2, -0.15) is 0 Å². The molecule has 0 aromatic carbocycles. The highest BCUT2D eigenvalue weighted by Crippen LogP contribution is 2.65. The molecule has 2 bridgehead atoms. The second kappa shape index (κ2) is 1.88. The molecule has 0 saturated heterocycles. The summed E-state index contributed by atoms with van der Waals surface area (Å²) in [5.41, 5.74) is -1.79. The highest BCUT2D eigenvalue weighted by molar-refractivity contribution is 5.20. The minimum Gasteiger partial charge on any atom is -0.387 e. The zero-order valence-electron chi connectivity index (χ0n) is 8.09. The van der Waals surface area contributed by atoms with E-state index in [1.165, 1.54) is 0 Å². The Hall–Kier alpha value is -0.0800. The van der Waals surface area contributed by atoms with Crippen molar-refractivity contribution in [2.24, 2.45) is 11.3 Å². The monoisotopic (exact) mass is 170 g/mol. The average molecular weight is 170 g/mol. The molecule has 0 aliphatic heterocycles. The van der Waals surface area contributed by atoms with Gasteiger partial charge in [0.15, 0.2) is 0 Å². The molecule has 0 aromatic heterocycles. The van der Waals surface area contributed by atoms with Gasteiger partial charge < -0.3 is 10.2 Å². The van der Waals surface area contributed by atoms with Crippen molar-refractivity contribution in [2.75, 3.05) is 0 Å². The molecule has 3 aliphatic rings. The van der Waals surface area contributed by atoms with Crippen LogP contribution in [-0.4, -0.2) is 21.4 Å². The van der Waals surface area contributed by atoms with E-state index >= 15 is 0 Å². The van der Waals surface area contributed by atoms with Gasteiger partial charge in [0.05, 0.1) is 11.2 Å². The first-order valence-electron chi connectivity index (χ1n) is 4.76. The predicted octanol–water partition coefficient (Wildman–Crippen LogP) is 1.31. The quantitative estimate of drug-likeness (QED) is 0.575. The summed E-state index contributed by atoms with van der Waals surface area (Å²) in [4.78, 5) is 0. The van der Waals surface area contributed by atoms with Crippen LogP contribution in [0.15, 0.2) is 0 Å². The molecule has 2 N–H and O–H groups in total. The lowest BCUT2D eigenvalue weighted by Crippen LogP contribution is -2.74. The van der Waals surface area contributed by atoms with Crippen molar-refractivity contribution in [1.82, 2.24) is 0 Å². The molecule has 0 spiro atoms. The summed E-state index contributed by atoms with van der Waals surface area (Å²) < 4.78 is 0. The van der Waals surface area contributed by atoms with Crippen molar-refractivity contribution < 1.29 is 10.2 Å². The Bertz CT molecular complexity index is 210. The molecule has 3 aliphatic carbocycles. The van der Waals surface area contributed by atoms with E-state index in [4.69, 9.17) is 0 Å². The number of rotatable bonds is 0. The summed E-state index contributed by atoms with van der Waals surface area (Å²) in [6.45, 7) is 5.90. The van der Waals surface area contributed by atoms with E-state index < -0.39 is 11.2 Å². The Labute approximate surface area is 73.6 Å². The maximum Gasteiger partial charge on any atom is 0.0986 e. The van der Waals surface area contributed by atoms with Gasteiger partial charge in [-0.05, 0) is 37.5 Å². The lowest BCUT2D eigenvalue weighted by Gasteiger charge is -2.68. The van der Waals surface area contributed by atoms with Gasteiger partial charge in [-0.1, -0.05) is 13.8 Å². The second-order valence-corrected chi connectivity index (χ2v) is 5.30. The highest BCUT2D eigenvalue weighted by Gasteiger charge is 2.69. The van der Waals surface area contributed by atoms with Gasteiger partial charge in [0.25, 0.3) is 0 Å². The highest BCUT2D eigenvalue weighted by atomic mass is 16.4. The summed E-state index contributed by atoms with van der Waals surface area (Å²) in [5, 5.41) is 20.3. The van der Waals surface area contributed by atoms with Crippen LogP contribution in [0.2, 0.25) is 0 Å². The largest absolute Gasteiger partial charge is 0.387 e. The lowest BCUT2D eigenvalue weighted by atomic mass is 9.41. The van der Waals surface area contributed by atoms with E-state index in [9.17, 15) is 10.2 Å². The SMILES string of the molecule is CC1(C)C2CC[C@](C)(O)[C@@]1(O)C2. The summed E-state index contributed by atoms with van der Waals surface area (Å²) in [5.74, 6) is 0.614. The van der Waals surface area contributed by atoms with Gasteiger partial charge in [0.1, 0.15) is 0 Å². The maximum absolute atomic E-state index is 10.2. The second-order valence-electron chi connectivity index (χ2n) is 5.30. The van der Waals surface area contributed by atoms with E-state index in [-0.39, 0.29) is 5.41 Å². The fourth-order valence-electron chi connectivity index (χ4n) is 3.12. The molecular weight excluding hydrogens is 152 g/mol. The normalized spacial score (nSPS) is 56.2. The zero-order chi connectivity index (χ0) is 9.20. The molecule has 0 amide bonds. The third-order valence-corrected chi connectivity index (χ3v) is 4.50. The van der Waals surface area contributed by atoms with Crippen LogP contribution in [0.4, 0.5) is 0 Å². The van der Waals surface area contributed by atoms with Crippen LogP contribution in [-0.2, 0) is 0 Å². The van der Waals surface area contributed by atoms with Crippen LogP contribution in [0.5, 0.6) is 0 Å². The van der Waals surface area contributed by atoms with Crippen molar-refractivity contribution in [3.8, 4) is 0 Å². The fourth-order valence-corrected chi connectivity index (χ4v) is 3.12. The van der Waals surface area contributed by atoms with E-state index in [2.05, 4.69) is 13.8 Å². The third kappa shape index (κ3) is 0.647. The van der Waals surface area contributed by atoms with Gasteiger partial charge in [0.2, 0.25) is 0 Å². The minimum absolute atomic E-state index is 0.0885. The van der Waals surface area contributed by atoms with Crippen LogP contribution < -0.4 is 0 Å². The third-order valence-electron chi connectivity index (χ3n) is 4.50. The fraction of sp³-hybridized carbons (Fsp3) is 1.00. The van der Waals surface area contributed by atoms with Gasteiger partial charge in [0, 0.05) is 0 Å².